The third-order valence-electron chi connectivity index (χ3n) is 2.65. The number of rotatable bonds is 8. The van der Waals surface area contributed by atoms with Gasteiger partial charge in [-0.25, -0.2) is 0 Å². The molecule has 18 heavy (non-hydrogen) atoms. The summed E-state index contributed by atoms with van der Waals surface area (Å²) in [7, 11) is 1.62. The zero-order valence-electron chi connectivity index (χ0n) is 11.5. The highest BCUT2D eigenvalue weighted by molar-refractivity contribution is 5.61. The van der Waals surface area contributed by atoms with Gasteiger partial charge in [0, 0.05) is 24.9 Å². The van der Waals surface area contributed by atoms with E-state index in [-0.39, 0.29) is 0 Å². The van der Waals surface area contributed by atoms with E-state index < -0.39 is 0 Å². The predicted molar refractivity (Wildman–Crippen MR) is 76.2 cm³/mol. The van der Waals surface area contributed by atoms with E-state index in [2.05, 4.69) is 19.2 Å². The molecule has 0 aliphatic heterocycles. The number of ether oxygens (including phenoxy) is 2. The molecule has 0 aliphatic rings. The van der Waals surface area contributed by atoms with Crippen LogP contribution in [0.5, 0.6) is 5.75 Å². The number of nitrogens with two attached hydrogens (primary N) is 1. The Balaban J connectivity index is 2.23. The molecule has 3 N–H and O–H groups in total. The summed E-state index contributed by atoms with van der Waals surface area (Å²) in [6.45, 7) is 6.71. The lowest BCUT2D eigenvalue weighted by Crippen LogP contribution is -2.11. The van der Waals surface area contributed by atoms with Gasteiger partial charge in [-0.3, -0.25) is 0 Å². The monoisotopic (exact) mass is 252 g/mol. The average Bonchev–Trinajstić information content (AvgIpc) is 2.35. The zero-order chi connectivity index (χ0) is 13.4. The summed E-state index contributed by atoms with van der Waals surface area (Å²) in [5.74, 6) is 1.39. The number of nitrogens with one attached hydrogen (secondary N) is 1. The summed E-state index contributed by atoms with van der Waals surface area (Å²) >= 11 is 0. The molecule has 4 heteroatoms. The number of hydrogen-bond acceptors (Lipinski definition) is 4. The highest BCUT2D eigenvalue weighted by atomic mass is 16.5. The van der Waals surface area contributed by atoms with Crippen molar-refractivity contribution in [1.29, 1.82) is 0 Å². The maximum Gasteiger partial charge on any atom is 0.143 e. The van der Waals surface area contributed by atoms with Gasteiger partial charge in [0.1, 0.15) is 5.75 Å². The topological polar surface area (TPSA) is 56.5 Å². The number of benzene rings is 1. The van der Waals surface area contributed by atoms with Crippen LogP contribution in [-0.2, 0) is 4.74 Å². The van der Waals surface area contributed by atoms with Crippen LogP contribution in [0.2, 0.25) is 0 Å². The van der Waals surface area contributed by atoms with E-state index in [1.807, 2.05) is 18.2 Å². The normalized spacial score (nSPS) is 10.7. The van der Waals surface area contributed by atoms with Gasteiger partial charge >= 0.3 is 0 Å². The molecule has 0 saturated carbocycles. The maximum atomic E-state index is 5.75. The standard InChI is InChI=1S/C14H24N2O2/c1-11(2)6-8-18-9-7-16-12-4-5-13(15)14(10-12)17-3/h4-5,10-11,16H,6-9,15H2,1-3H3. The van der Waals surface area contributed by atoms with Gasteiger partial charge in [-0.15, -0.1) is 0 Å². The molecule has 102 valence electrons. The summed E-state index contributed by atoms with van der Waals surface area (Å²) in [6, 6.07) is 5.66. The molecule has 0 aliphatic carbocycles. The van der Waals surface area contributed by atoms with Gasteiger partial charge in [0.25, 0.3) is 0 Å². The van der Waals surface area contributed by atoms with Crippen molar-refractivity contribution < 1.29 is 9.47 Å². The van der Waals surface area contributed by atoms with E-state index in [1.54, 1.807) is 7.11 Å². The first-order chi connectivity index (χ1) is 8.63. The van der Waals surface area contributed by atoms with Crippen LogP contribution in [0.25, 0.3) is 0 Å². The first-order valence-corrected chi connectivity index (χ1v) is 6.38. The van der Waals surface area contributed by atoms with Crippen LogP contribution in [-0.4, -0.2) is 26.9 Å². The Bertz CT molecular complexity index is 354. The van der Waals surface area contributed by atoms with Gasteiger partial charge in [0.05, 0.1) is 19.4 Å². The second-order valence-electron chi connectivity index (χ2n) is 4.68. The first-order valence-electron chi connectivity index (χ1n) is 6.38. The number of anilines is 2. The SMILES string of the molecule is COc1cc(NCCOCCC(C)C)ccc1N. The molecule has 1 rings (SSSR count). The Morgan fingerprint density at radius 1 is 1.28 bits per heavy atom. The molecule has 0 aromatic heterocycles. The van der Waals surface area contributed by atoms with Crippen molar-refractivity contribution in [2.45, 2.75) is 20.3 Å². The molecule has 0 unspecified atom stereocenters. The Kier molecular flexibility index (Phi) is 6.36. The van der Waals surface area contributed by atoms with E-state index in [1.165, 1.54) is 0 Å². The molecule has 1 aromatic rings. The Labute approximate surface area is 109 Å². The molecule has 0 spiro atoms. The highest BCUT2D eigenvalue weighted by Crippen LogP contribution is 2.24. The fourth-order valence-corrected chi connectivity index (χ4v) is 1.51. The summed E-state index contributed by atoms with van der Waals surface area (Å²) in [6.07, 6.45) is 1.11. The van der Waals surface area contributed by atoms with Crippen molar-refractivity contribution in [3.8, 4) is 5.75 Å². The molecule has 0 fully saturated rings. The van der Waals surface area contributed by atoms with Crippen molar-refractivity contribution >= 4 is 11.4 Å². The highest BCUT2D eigenvalue weighted by Gasteiger charge is 2.00. The molecular formula is C14H24N2O2. The van der Waals surface area contributed by atoms with Crippen LogP contribution < -0.4 is 15.8 Å². The van der Waals surface area contributed by atoms with E-state index >= 15 is 0 Å². The van der Waals surface area contributed by atoms with Crippen LogP contribution in [0, 0.1) is 5.92 Å². The first kappa shape index (κ1) is 14.6. The maximum absolute atomic E-state index is 5.75. The third kappa shape index (κ3) is 5.27. The fourth-order valence-electron chi connectivity index (χ4n) is 1.51. The van der Waals surface area contributed by atoms with Crippen LogP contribution in [0.4, 0.5) is 11.4 Å². The quantitative estimate of drug-likeness (QED) is 0.552. The lowest BCUT2D eigenvalue weighted by Gasteiger charge is -2.10. The van der Waals surface area contributed by atoms with Crippen molar-refractivity contribution in [1.82, 2.24) is 0 Å². The van der Waals surface area contributed by atoms with Crippen molar-refractivity contribution in [3.05, 3.63) is 18.2 Å². The van der Waals surface area contributed by atoms with E-state index in [0.717, 1.165) is 25.3 Å². The summed E-state index contributed by atoms with van der Waals surface area (Å²) < 4.78 is 10.7. The molecule has 1 aromatic carbocycles. The summed E-state index contributed by atoms with van der Waals surface area (Å²) in [4.78, 5) is 0. The largest absolute Gasteiger partial charge is 0.495 e. The molecule has 0 atom stereocenters. The minimum Gasteiger partial charge on any atom is -0.495 e. The Morgan fingerprint density at radius 3 is 2.72 bits per heavy atom. The number of methoxy groups -OCH3 is 1. The second kappa shape index (κ2) is 7.82. The van der Waals surface area contributed by atoms with Gasteiger partial charge in [-0.1, -0.05) is 13.8 Å². The van der Waals surface area contributed by atoms with Crippen LogP contribution in [0.1, 0.15) is 20.3 Å². The Morgan fingerprint density at radius 2 is 2.06 bits per heavy atom. The summed E-state index contributed by atoms with van der Waals surface area (Å²) in [5.41, 5.74) is 7.39. The van der Waals surface area contributed by atoms with Gasteiger partial charge < -0.3 is 20.5 Å². The average molecular weight is 252 g/mol. The van der Waals surface area contributed by atoms with Gasteiger partial charge in [0.15, 0.2) is 0 Å². The molecule has 0 saturated heterocycles. The van der Waals surface area contributed by atoms with Gasteiger partial charge in [-0.2, -0.15) is 0 Å². The van der Waals surface area contributed by atoms with Crippen LogP contribution in [0.15, 0.2) is 18.2 Å². The minimum atomic E-state index is 0.649. The van der Waals surface area contributed by atoms with Crippen molar-refractivity contribution in [2.24, 2.45) is 5.92 Å². The second-order valence-corrected chi connectivity index (χ2v) is 4.68. The predicted octanol–water partition coefficient (Wildman–Crippen LogP) is 2.75. The lowest BCUT2D eigenvalue weighted by molar-refractivity contribution is 0.132. The smallest absolute Gasteiger partial charge is 0.143 e. The zero-order valence-corrected chi connectivity index (χ0v) is 11.5. The number of nitrogen functional groups attached to an aromatic ring is 1. The minimum absolute atomic E-state index is 0.649. The number of hydrogen-bond donors (Lipinski definition) is 2. The van der Waals surface area contributed by atoms with E-state index in [4.69, 9.17) is 15.2 Å². The molecule has 4 nitrogen and oxygen atoms in total. The van der Waals surface area contributed by atoms with Crippen LogP contribution >= 0.6 is 0 Å². The van der Waals surface area contributed by atoms with Crippen molar-refractivity contribution in [3.63, 3.8) is 0 Å². The molecule has 0 heterocycles. The van der Waals surface area contributed by atoms with Crippen LogP contribution in [0.3, 0.4) is 0 Å². The van der Waals surface area contributed by atoms with E-state index in [0.29, 0.717) is 24.0 Å². The van der Waals surface area contributed by atoms with E-state index in [9.17, 15) is 0 Å². The fraction of sp³-hybridized carbons (Fsp3) is 0.571. The molecule has 0 bridgehead atoms. The van der Waals surface area contributed by atoms with Gasteiger partial charge in [-0.05, 0) is 24.5 Å². The lowest BCUT2D eigenvalue weighted by atomic mass is 10.1. The molecule has 0 amide bonds. The summed E-state index contributed by atoms with van der Waals surface area (Å²) in [5, 5.41) is 3.27. The van der Waals surface area contributed by atoms with Crippen molar-refractivity contribution in [2.75, 3.05) is 37.9 Å². The third-order valence-corrected chi connectivity index (χ3v) is 2.65. The van der Waals surface area contributed by atoms with Gasteiger partial charge in [0.2, 0.25) is 0 Å². The molecule has 0 radical (unpaired) electrons. The molecular weight excluding hydrogens is 228 g/mol. The Hall–Kier alpha value is -1.42.